The highest BCUT2D eigenvalue weighted by atomic mass is 16.8. The van der Waals surface area contributed by atoms with E-state index in [-0.39, 0.29) is 36.0 Å². The summed E-state index contributed by atoms with van der Waals surface area (Å²) in [5.74, 6) is 0.179. The molecule has 32 heavy (non-hydrogen) atoms. The minimum absolute atomic E-state index is 0.0158. The van der Waals surface area contributed by atoms with E-state index in [1.165, 1.54) is 0 Å². The number of ether oxygens (including phenoxy) is 4. The second-order valence-corrected chi connectivity index (χ2v) is 10.1. The normalized spacial score (nSPS) is 32.2. The summed E-state index contributed by atoms with van der Waals surface area (Å²) in [7, 11) is 0. The molecule has 3 heterocycles. The van der Waals surface area contributed by atoms with Crippen molar-refractivity contribution in [3.05, 3.63) is 29.8 Å². The molecular weight excluding hydrogens is 410 g/mol. The van der Waals surface area contributed by atoms with Crippen LogP contribution in [-0.4, -0.2) is 65.7 Å². The fraction of sp³-hybridized carbons (Fsp3) is 0.760. The van der Waals surface area contributed by atoms with Gasteiger partial charge in [-0.1, -0.05) is 26.0 Å². The second kappa shape index (κ2) is 9.20. The van der Waals surface area contributed by atoms with Crippen molar-refractivity contribution in [2.45, 2.75) is 95.5 Å². The predicted octanol–water partition coefficient (Wildman–Crippen LogP) is 3.99. The molecule has 7 nitrogen and oxygen atoms in total. The Morgan fingerprint density at radius 1 is 1.09 bits per heavy atom. The fourth-order valence-electron chi connectivity index (χ4n) is 5.35. The summed E-state index contributed by atoms with van der Waals surface area (Å²) in [5, 5.41) is 11.8. The standard InChI is InChI=1S/C25H39NO6/c1-6-24(7-2)17-25(30-15-21(12-27)31-25)16-23(4,5)26(24)32-18(3)19-8-10-20(11-9-19)28-13-22-14-29-22/h8-11,18,21-22,27H,6-7,12-17H2,1-5H3. The molecule has 4 rings (SSSR count). The van der Waals surface area contributed by atoms with Crippen molar-refractivity contribution < 1.29 is 28.9 Å². The first-order chi connectivity index (χ1) is 15.2. The lowest BCUT2D eigenvalue weighted by Gasteiger charge is -2.59. The van der Waals surface area contributed by atoms with Crippen LogP contribution in [0, 0.1) is 0 Å². The van der Waals surface area contributed by atoms with Gasteiger partial charge in [-0.25, -0.2) is 0 Å². The third-order valence-corrected chi connectivity index (χ3v) is 7.17. The van der Waals surface area contributed by atoms with Crippen LogP contribution in [-0.2, 0) is 19.0 Å². The molecule has 4 unspecified atom stereocenters. The highest BCUT2D eigenvalue weighted by Crippen LogP contribution is 2.51. The van der Waals surface area contributed by atoms with Crippen molar-refractivity contribution in [2.75, 3.05) is 26.4 Å². The van der Waals surface area contributed by atoms with Gasteiger partial charge in [0.1, 0.15) is 30.7 Å². The van der Waals surface area contributed by atoms with Crippen molar-refractivity contribution in [2.24, 2.45) is 0 Å². The second-order valence-electron chi connectivity index (χ2n) is 10.1. The van der Waals surface area contributed by atoms with Crippen LogP contribution in [0.25, 0.3) is 0 Å². The molecule has 180 valence electrons. The SMILES string of the molecule is CCC1(CC)CC2(CC(C)(C)N1OC(C)c1ccc(OCC3CO3)cc1)OCC(CO)O2. The number of epoxide rings is 1. The Hall–Kier alpha value is -1.22. The molecule has 0 aromatic heterocycles. The molecule has 3 aliphatic heterocycles. The van der Waals surface area contributed by atoms with Gasteiger partial charge in [0.05, 0.1) is 25.4 Å². The van der Waals surface area contributed by atoms with Gasteiger partial charge >= 0.3 is 0 Å². The zero-order valence-corrected chi connectivity index (χ0v) is 20.1. The van der Waals surface area contributed by atoms with E-state index in [1.807, 2.05) is 12.1 Å². The molecule has 0 amide bonds. The van der Waals surface area contributed by atoms with Crippen molar-refractivity contribution in [1.82, 2.24) is 5.06 Å². The summed E-state index contributed by atoms with van der Waals surface area (Å²) in [5.41, 5.74) is 0.565. The van der Waals surface area contributed by atoms with E-state index in [9.17, 15) is 5.11 Å². The van der Waals surface area contributed by atoms with Crippen molar-refractivity contribution >= 4 is 0 Å². The molecule has 1 aromatic rings. The summed E-state index contributed by atoms with van der Waals surface area (Å²) in [6.45, 7) is 12.7. The van der Waals surface area contributed by atoms with Crippen molar-refractivity contribution in [3.8, 4) is 5.75 Å². The molecule has 0 bridgehead atoms. The van der Waals surface area contributed by atoms with Gasteiger partial charge in [-0.05, 0) is 51.3 Å². The molecule has 1 N–H and O–H groups in total. The molecule has 3 aliphatic rings. The smallest absolute Gasteiger partial charge is 0.172 e. The van der Waals surface area contributed by atoms with Gasteiger partial charge in [0, 0.05) is 18.4 Å². The Morgan fingerprint density at radius 3 is 2.34 bits per heavy atom. The van der Waals surface area contributed by atoms with Crippen LogP contribution in [0.1, 0.15) is 72.0 Å². The largest absolute Gasteiger partial charge is 0.491 e. The Labute approximate surface area is 191 Å². The zero-order valence-electron chi connectivity index (χ0n) is 20.1. The number of piperidine rings is 1. The highest BCUT2D eigenvalue weighted by molar-refractivity contribution is 5.28. The van der Waals surface area contributed by atoms with Crippen LogP contribution in [0.5, 0.6) is 5.75 Å². The van der Waals surface area contributed by atoms with E-state index in [1.54, 1.807) is 0 Å². The van der Waals surface area contributed by atoms with E-state index < -0.39 is 5.79 Å². The Bertz CT molecular complexity index is 760. The first kappa shape index (κ1) is 23.9. The molecule has 3 saturated heterocycles. The molecule has 0 aliphatic carbocycles. The van der Waals surface area contributed by atoms with Gasteiger partial charge in [0.25, 0.3) is 0 Å². The number of aliphatic hydroxyl groups is 1. The fourth-order valence-corrected chi connectivity index (χ4v) is 5.35. The van der Waals surface area contributed by atoms with Crippen LogP contribution in [0.4, 0.5) is 0 Å². The van der Waals surface area contributed by atoms with E-state index in [2.05, 4.69) is 51.8 Å². The third kappa shape index (κ3) is 4.83. The highest BCUT2D eigenvalue weighted by Gasteiger charge is 2.59. The maximum atomic E-state index is 9.58. The summed E-state index contributed by atoms with van der Waals surface area (Å²) in [6.07, 6.45) is 3.10. The summed E-state index contributed by atoms with van der Waals surface area (Å²) in [4.78, 5) is 6.71. The van der Waals surface area contributed by atoms with E-state index in [0.717, 1.165) is 37.2 Å². The number of hydrogen-bond acceptors (Lipinski definition) is 7. The number of aliphatic hydroxyl groups excluding tert-OH is 1. The lowest BCUT2D eigenvalue weighted by Crippen LogP contribution is -2.67. The molecule has 0 saturated carbocycles. The summed E-state index contributed by atoms with van der Waals surface area (Å²) >= 11 is 0. The van der Waals surface area contributed by atoms with Gasteiger partial charge < -0.3 is 24.1 Å². The minimum atomic E-state index is -0.670. The van der Waals surface area contributed by atoms with Crippen LogP contribution in [0.15, 0.2) is 24.3 Å². The van der Waals surface area contributed by atoms with E-state index in [4.69, 9.17) is 23.8 Å². The summed E-state index contributed by atoms with van der Waals surface area (Å²) < 4.78 is 23.4. The maximum absolute atomic E-state index is 9.58. The van der Waals surface area contributed by atoms with E-state index >= 15 is 0 Å². The van der Waals surface area contributed by atoms with Gasteiger partial charge in [0.15, 0.2) is 5.79 Å². The molecule has 1 aromatic carbocycles. The molecule has 0 radical (unpaired) electrons. The first-order valence-corrected chi connectivity index (χ1v) is 12.0. The number of rotatable bonds is 9. The van der Waals surface area contributed by atoms with Crippen molar-refractivity contribution in [3.63, 3.8) is 0 Å². The average molecular weight is 450 g/mol. The number of hydrogen-bond donors (Lipinski definition) is 1. The van der Waals surface area contributed by atoms with Crippen LogP contribution >= 0.6 is 0 Å². The molecule has 1 spiro atoms. The quantitative estimate of drug-likeness (QED) is 0.572. The van der Waals surface area contributed by atoms with E-state index in [0.29, 0.717) is 19.6 Å². The number of nitrogens with zero attached hydrogens (tertiary/aromatic N) is 1. The predicted molar refractivity (Wildman–Crippen MR) is 120 cm³/mol. The maximum Gasteiger partial charge on any atom is 0.172 e. The van der Waals surface area contributed by atoms with Gasteiger partial charge in [0.2, 0.25) is 0 Å². The monoisotopic (exact) mass is 449 g/mol. The third-order valence-electron chi connectivity index (χ3n) is 7.17. The van der Waals surface area contributed by atoms with Crippen LogP contribution in [0.3, 0.4) is 0 Å². The number of benzene rings is 1. The lowest BCUT2D eigenvalue weighted by molar-refractivity contribution is -0.360. The Kier molecular flexibility index (Phi) is 6.88. The van der Waals surface area contributed by atoms with Crippen molar-refractivity contribution in [1.29, 1.82) is 0 Å². The van der Waals surface area contributed by atoms with Gasteiger partial charge in [-0.3, -0.25) is 4.84 Å². The molecule has 3 fully saturated rings. The summed E-state index contributed by atoms with van der Waals surface area (Å²) in [6, 6.07) is 8.13. The lowest BCUT2D eigenvalue weighted by atomic mass is 9.73. The zero-order chi connectivity index (χ0) is 23.0. The topological polar surface area (TPSA) is 72.9 Å². The first-order valence-electron chi connectivity index (χ1n) is 12.0. The minimum Gasteiger partial charge on any atom is -0.491 e. The molecule has 4 atom stereocenters. The molecule has 7 heteroatoms. The number of hydroxylamine groups is 2. The Morgan fingerprint density at radius 2 is 1.78 bits per heavy atom. The Balaban J connectivity index is 1.49. The van der Waals surface area contributed by atoms with Gasteiger partial charge in [-0.2, -0.15) is 5.06 Å². The van der Waals surface area contributed by atoms with Crippen LogP contribution in [0.2, 0.25) is 0 Å². The average Bonchev–Trinajstić information content (AvgIpc) is 3.54. The molecular formula is C25H39NO6. The van der Waals surface area contributed by atoms with Gasteiger partial charge in [-0.15, -0.1) is 0 Å². The van der Waals surface area contributed by atoms with Crippen LogP contribution < -0.4 is 4.74 Å².